The molecule has 0 radical (unpaired) electrons. The van der Waals surface area contributed by atoms with Gasteiger partial charge in [0.2, 0.25) is 0 Å². The Morgan fingerprint density at radius 2 is 1.70 bits per heavy atom. The van der Waals surface area contributed by atoms with E-state index >= 15 is 0 Å². The summed E-state index contributed by atoms with van der Waals surface area (Å²) in [6.45, 7) is -0.912. The lowest BCUT2D eigenvalue weighted by molar-refractivity contribution is -0.0450. The lowest BCUT2D eigenvalue weighted by atomic mass is 10.1. The first-order chi connectivity index (χ1) is 20.4. The van der Waals surface area contributed by atoms with Gasteiger partial charge in [0.1, 0.15) is 12.3 Å². The molecule has 6 N–H and O–H groups in total. The van der Waals surface area contributed by atoms with E-state index in [0.29, 0.717) is 0 Å². The Morgan fingerprint density at radius 1 is 1.02 bits per heavy atom. The van der Waals surface area contributed by atoms with Crippen molar-refractivity contribution in [2.75, 3.05) is 25.6 Å². The van der Waals surface area contributed by atoms with Crippen LogP contribution in [-0.4, -0.2) is 67.1 Å². The van der Waals surface area contributed by atoms with Gasteiger partial charge in [-0.05, 0) is 42.0 Å². The minimum atomic E-state index is -5.73. The fourth-order valence-electron chi connectivity index (χ4n) is 4.03. The van der Waals surface area contributed by atoms with E-state index in [2.05, 4.69) is 18.1 Å². The van der Waals surface area contributed by atoms with Gasteiger partial charge >= 0.3 is 29.2 Å². The number of anilines is 1. The third kappa shape index (κ3) is 9.25. The monoisotopic (exact) mass is 695 g/mol. The molecule has 1 aromatic carbocycles. The van der Waals surface area contributed by atoms with Gasteiger partial charge < -0.3 is 34.3 Å². The molecule has 21 heteroatoms. The van der Waals surface area contributed by atoms with Crippen LogP contribution in [0.1, 0.15) is 23.1 Å². The van der Waals surface area contributed by atoms with Crippen molar-refractivity contribution in [3.63, 3.8) is 0 Å². The summed E-state index contributed by atoms with van der Waals surface area (Å²) in [4.78, 5) is 67.1. The van der Waals surface area contributed by atoms with Crippen molar-refractivity contribution >= 4 is 52.6 Å². The molecular weight excluding hydrogens is 667 g/mol. The molecule has 44 heavy (non-hydrogen) atoms. The lowest BCUT2D eigenvalue weighted by Crippen LogP contribution is -2.33. The number of aliphatic hydroxyl groups is 1. The van der Waals surface area contributed by atoms with E-state index < -0.39 is 59.8 Å². The van der Waals surface area contributed by atoms with E-state index in [4.69, 9.17) is 14.5 Å². The standard InChI is InChI=1S/C23H28N3O14P3S/c1-25(2)16-6-3-14(4-7-16)20-10-9-17(44-20)8-5-15-12-26(23(29)24-22(15)28)21-11-18(27)19(38-21)13-37-42(33,34)40-43(35,36)39-41(30,31)32/h3-10,12,18-19,21,27H,11,13H2,1-2H3,(H,33,34)(H,35,36)(H,24,28,29)(H2,30,31,32)/b8-5+/t18-,19+,21+/m0/s1. The first kappa shape index (κ1) is 34.3. The summed E-state index contributed by atoms with van der Waals surface area (Å²) in [5.74, 6) is 0. The van der Waals surface area contributed by atoms with E-state index in [1.54, 1.807) is 6.08 Å². The predicted molar refractivity (Wildman–Crippen MR) is 159 cm³/mol. The quantitative estimate of drug-likeness (QED) is 0.149. The van der Waals surface area contributed by atoms with Gasteiger partial charge in [0, 0.05) is 42.2 Å². The molecule has 1 fully saturated rings. The highest BCUT2D eigenvalue weighted by atomic mass is 32.1. The van der Waals surface area contributed by atoms with Crippen molar-refractivity contribution in [1.29, 1.82) is 0 Å². The van der Waals surface area contributed by atoms with Gasteiger partial charge in [-0.2, -0.15) is 8.62 Å². The predicted octanol–water partition coefficient (Wildman–Crippen LogP) is 2.49. The molecule has 1 saturated heterocycles. The van der Waals surface area contributed by atoms with Crippen LogP contribution in [0.3, 0.4) is 0 Å². The van der Waals surface area contributed by atoms with E-state index in [-0.39, 0.29) is 12.0 Å². The molecule has 0 saturated carbocycles. The Kier molecular flexibility index (Phi) is 10.5. The van der Waals surface area contributed by atoms with Crippen LogP contribution in [0.4, 0.5) is 5.69 Å². The van der Waals surface area contributed by atoms with Gasteiger partial charge in [0.25, 0.3) is 5.56 Å². The SMILES string of the molecule is CN(C)c1ccc(-c2ccc(/C=C/c3cn([C@H]4C[C@H](O)[C@@H](COP(=O)(O)OP(=O)(O)OP(=O)(O)O)O4)c(=O)[nH]c3=O)s2)cc1. The molecule has 0 spiro atoms. The average molecular weight is 695 g/mol. The highest BCUT2D eigenvalue weighted by Gasteiger charge is 2.43. The van der Waals surface area contributed by atoms with Crippen LogP contribution in [0.5, 0.6) is 0 Å². The molecule has 0 aliphatic carbocycles. The number of aromatic amines is 1. The second-order valence-electron chi connectivity index (χ2n) is 9.55. The number of nitrogens with zero attached hydrogens (tertiary/aromatic N) is 2. The van der Waals surface area contributed by atoms with Gasteiger partial charge in [-0.3, -0.25) is 18.9 Å². The second-order valence-corrected chi connectivity index (χ2v) is 15.1. The summed E-state index contributed by atoms with van der Waals surface area (Å²) in [5.41, 5.74) is 0.624. The van der Waals surface area contributed by atoms with Gasteiger partial charge in [0.15, 0.2) is 0 Å². The van der Waals surface area contributed by atoms with Gasteiger partial charge in [-0.15, -0.1) is 11.3 Å². The first-order valence-electron chi connectivity index (χ1n) is 12.4. The molecule has 3 heterocycles. The number of benzene rings is 1. The normalized spacial score (nSPS) is 21.8. The fourth-order valence-corrected chi connectivity index (χ4v) is 7.98. The summed E-state index contributed by atoms with van der Waals surface area (Å²) in [7, 11) is -12.9. The number of ether oxygens (including phenoxy) is 1. The maximum absolute atomic E-state index is 12.5. The van der Waals surface area contributed by atoms with Crippen molar-refractivity contribution in [3.8, 4) is 10.4 Å². The van der Waals surface area contributed by atoms with Crippen molar-refractivity contribution in [2.45, 2.75) is 24.9 Å². The van der Waals surface area contributed by atoms with Crippen molar-refractivity contribution in [2.24, 2.45) is 0 Å². The molecule has 2 unspecified atom stereocenters. The molecule has 17 nitrogen and oxygen atoms in total. The van der Waals surface area contributed by atoms with Gasteiger partial charge in [-0.25, -0.2) is 18.5 Å². The number of rotatable bonds is 12. The summed E-state index contributed by atoms with van der Waals surface area (Å²) in [5, 5.41) is 10.4. The molecule has 2 aromatic heterocycles. The topological polar surface area (TPSA) is 247 Å². The number of hydrogen-bond donors (Lipinski definition) is 6. The molecule has 5 atom stereocenters. The number of aliphatic hydroxyl groups excluding tert-OH is 1. The van der Waals surface area contributed by atoms with E-state index in [0.717, 1.165) is 25.6 Å². The molecular formula is C23H28N3O14P3S. The largest absolute Gasteiger partial charge is 0.490 e. The Balaban J connectivity index is 1.43. The highest BCUT2D eigenvalue weighted by Crippen LogP contribution is 2.66. The number of thiophene rings is 1. The number of phosphoric acid groups is 3. The van der Waals surface area contributed by atoms with Crippen LogP contribution in [0.2, 0.25) is 0 Å². The summed E-state index contributed by atoms with van der Waals surface area (Å²) in [6, 6.07) is 11.8. The Labute approximate surface area is 253 Å². The highest BCUT2D eigenvalue weighted by molar-refractivity contribution is 7.66. The maximum atomic E-state index is 12.5. The zero-order valence-electron chi connectivity index (χ0n) is 22.9. The zero-order valence-corrected chi connectivity index (χ0v) is 26.4. The second kappa shape index (κ2) is 13.4. The molecule has 240 valence electrons. The smallest absolute Gasteiger partial charge is 0.390 e. The van der Waals surface area contributed by atoms with Crippen LogP contribution in [-0.2, 0) is 31.6 Å². The molecule has 3 aromatic rings. The number of nitrogens with one attached hydrogen (secondary N) is 1. The third-order valence-electron chi connectivity index (χ3n) is 6.05. The molecule has 1 aliphatic rings. The van der Waals surface area contributed by atoms with Crippen LogP contribution in [0.25, 0.3) is 22.6 Å². The van der Waals surface area contributed by atoms with Gasteiger partial charge in [0.05, 0.1) is 18.3 Å². The molecule has 0 bridgehead atoms. The average Bonchev–Trinajstić information content (AvgIpc) is 3.51. The number of aromatic nitrogens is 2. The number of phosphoric ester groups is 1. The van der Waals surface area contributed by atoms with Crippen LogP contribution in [0, 0.1) is 0 Å². The number of H-pyrrole nitrogens is 1. The maximum Gasteiger partial charge on any atom is 0.490 e. The van der Waals surface area contributed by atoms with Crippen molar-refractivity contribution in [1.82, 2.24) is 9.55 Å². The van der Waals surface area contributed by atoms with Crippen molar-refractivity contribution < 1.29 is 56.3 Å². The van der Waals surface area contributed by atoms with E-state index in [9.17, 15) is 38.2 Å². The van der Waals surface area contributed by atoms with E-state index in [1.807, 2.05) is 55.4 Å². The Hall–Kier alpha value is -2.53. The lowest BCUT2D eigenvalue weighted by Gasteiger charge is -2.19. The van der Waals surface area contributed by atoms with Gasteiger partial charge in [-0.1, -0.05) is 12.1 Å². The van der Waals surface area contributed by atoms with Crippen LogP contribution < -0.4 is 16.1 Å². The summed E-state index contributed by atoms with van der Waals surface area (Å²) < 4.78 is 52.5. The molecule has 0 amide bonds. The van der Waals surface area contributed by atoms with Crippen molar-refractivity contribution in [3.05, 3.63) is 73.9 Å². The zero-order chi connectivity index (χ0) is 32.4. The Morgan fingerprint density at radius 3 is 2.34 bits per heavy atom. The summed E-state index contributed by atoms with van der Waals surface area (Å²) >= 11 is 1.49. The third-order valence-corrected chi connectivity index (χ3v) is 11.0. The van der Waals surface area contributed by atoms with Crippen LogP contribution in [0.15, 0.2) is 52.2 Å². The minimum Gasteiger partial charge on any atom is -0.390 e. The summed E-state index contributed by atoms with van der Waals surface area (Å²) in [6.07, 6.45) is 0.291. The molecule has 1 aliphatic heterocycles. The van der Waals surface area contributed by atoms with Crippen LogP contribution >= 0.6 is 34.8 Å². The first-order valence-corrected chi connectivity index (χ1v) is 17.8. The number of hydrogen-bond acceptors (Lipinski definition) is 12. The Bertz CT molecular complexity index is 1780. The minimum absolute atomic E-state index is 0.0877. The molecule has 4 rings (SSSR count). The van der Waals surface area contributed by atoms with E-state index in [1.165, 1.54) is 23.6 Å². The fraction of sp³-hybridized carbons (Fsp3) is 0.304.